The van der Waals surface area contributed by atoms with Crippen molar-refractivity contribution in [2.75, 3.05) is 0 Å². The van der Waals surface area contributed by atoms with Gasteiger partial charge in [0.25, 0.3) is 0 Å². The van der Waals surface area contributed by atoms with Gasteiger partial charge >= 0.3 is 0 Å². The Morgan fingerprint density at radius 2 is 2.29 bits per heavy atom. The molecule has 2 rings (SSSR count). The fourth-order valence-electron chi connectivity index (χ4n) is 1.88. The van der Waals surface area contributed by atoms with Gasteiger partial charge in [-0.3, -0.25) is 4.79 Å². The van der Waals surface area contributed by atoms with Gasteiger partial charge in [0.05, 0.1) is 0 Å². The minimum absolute atomic E-state index is 0.199. The van der Waals surface area contributed by atoms with Crippen molar-refractivity contribution in [2.24, 2.45) is 0 Å². The zero-order valence-corrected chi connectivity index (χ0v) is 11.4. The summed E-state index contributed by atoms with van der Waals surface area (Å²) in [5, 5.41) is 0.904. The summed E-state index contributed by atoms with van der Waals surface area (Å²) in [5.41, 5.74) is 1.52. The molecule has 0 fully saturated rings. The quantitative estimate of drug-likeness (QED) is 0.667. The number of pyridine rings is 1. The molecule has 2 aromatic heterocycles. The first-order valence-corrected chi connectivity index (χ1v) is 6.67. The van der Waals surface area contributed by atoms with E-state index in [-0.39, 0.29) is 5.78 Å². The number of hydrogen-bond donors (Lipinski definition) is 1. The Labute approximate surface area is 109 Å². The standard InChI is InChI=1S/C13H15BrN2O/c1-2-3-4-5-12(17)11-8-16-13-10(11)6-9(14)7-15-13/h6-8H,2-5H2,1H3,(H,15,16). The van der Waals surface area contributed by atoms with Gasteiger partial charge in [0, 0.05) is 34.2 Å². The van der Waals surface area contributed by atoms with Crippen LogP contribution >= 0.6 is 15.9 Å². The number of aromatic nitrogens is 2. The molecular weight excluding hydrogens is 280 g/mol. The fraction of sp³-hybridized carbons (Fsp3) is 0.385. The number of unbranched alkanes of at least 4 members (excludes halogenated alkanes) is 2. The normalized spacial score (nSPS) is 10.9. The second kappa shape index (κ2) is 5.45. The zero-order valence-electron chi connectivity index (χ0n) is 9.79. The number of halogens is 1. The van der Waals surface area contributed by atoms with Crippen LogP contribution in [0, 0.1) is 0 Å². The lowest BCUT2D eigenvalue weighted by Crippen LogP contribution is -1.97. The SMILES string of the molecule is CCCCCC(=O)c1c[nH]c2ncc(Br)cc12. The molecule has 0 spiro atoms. The molecule has 0 aromatic carbocycles. The Kier molecular flexibility index (Phi) is 3.94. The van der Waals surface area contributed by atoms with E-state index in [4.69, 9.17) is 0 Å². The lowest BCUT2D eigenvalue weighted by Gasteiger charge is -1.99. The van der Waals surface area contributed by atoms with Crippen LogP contribution in [0.4, 0.5) is 0 Å². The molecule has 90 valence electrons. The molecule has 0 unspecified atom stereocenters. The number of ketones is 1. The highest BCUT2D eigenvalue weighted by Gasteiger charge is 2.12. The molecule has 0 atom stereocenters. The van der Waals surface area contributed by atoms with Crippen molar-refractivity contribution >= 4 is 32.7 Å². The first kappa shape index (κ1) is 12.3. The van der Waals surface area contributed by atoms with Gasteiger partial charge in [-0.2, -0.15) is 0 Å². The lowest BCUT2D eigenvalue weighted by atomic mass is 10.1. The maximum atomic E-state index is 12.0. The van der Waals surface area contributed by atoms with Gasteiger partial charge in [-0.25, -0.2) is 4.98 Å². The molecule has 0 aliphatic carbocycles. The maximum absolute atomic E-state index is 12.0. The number of carbonyl (C=O) groups excluding carboxylic acids is 1. The van der Waals surface area contributed by atoms with Crippen molar-refractivity contribution in [3.05, 3.63) is 28.5 Å². The third kappa shape index (κ3) is 2.75. The number of aromatic amines is 1. The average molecular weight is 295 g/mol. The molecule has 0 aliphatic rings. The smallest absolute Gasteiger partial charge is 0.165 e. The number of nitrogens with zero attached hydrogens (tertiary/aromatic N) is 1. The predicted molar refractivity (Wildman–Crippen MR) is 72.3 cm³/mol. The number of nitrogens with one attached hydrogen (secondary N) is 1. The van der Waals surface area contributed by atoms with E-state index >= 15 is 0 Å². The molecule has 2 heterocycles. The number of fused-ring (bicyclic) bond motifs is 1. The summed E-state index contributed by atoms with van der Waals surface area (Å²) in [6.07, 6.45) is 7.31. The minimum atomic E-state index is 0.199. The van der Waals surface area contributed by atoms with Gasteiger partial charge in [-0.1, -0.05) is 19.8 Å². The Morgan fingerprint density at radius 3 is 3.06 bits per heavy atom. The second-order valence-electron chi connectivity index (χ2n) is 4.13. The molecular formula is C13H15BrN2O. The number of Topliss-reactive ketones (excluding diaryl/α,β-unsaturated/α-hetero) is 1. The van der Waals surface area contributed by atoms with E-state index in [0.29, 0.717) is 6.42 Å². The minimum Gasteiger partial charge on any atom is -0.345 e. The van der Waals surface area contributed by atoms with E-state index in [1.165, 1.54) is 0 Å². The van der Waals surface area contributed by atoms with E-state index in [1.54, 1.807) is 12.4 Å². The monoisotopic (exact) mass is 294 g/mol. The summed E-state index contributed by atoms with van der Waals surface area (Å²) in [6.45, 7) is 2.14. The van der Waals surface area contributed by atoms with Crippen molar-refractivity contribution in [1.82, 2.24) is 9.97 Å². The molecule has 0 saturated carbocycles. The summed E-state index contributed by atoms with van der Waals surface area (Å²) in [5.74, 6) is 0.199. The first-order chi connectivity index (χ1) is 8.22. The number of H-pyrrole nitrogens is 1. The summed E-state index contributed by atoms with van der Waals surface area (Å²) in [4.78, 5) is 19.3. The second-order valence-corrected chi connectivity index (χ2v) is 5.05. The van der Waals surface area contributed by atoms with Crippen LogP contribution in [0.2, 0.25) is 0 Å². The number of carbonyl (C=O) groups is 1. The van der Waals surface area contributed by atoms with Crippen LogP contribution in [0.3, 0.4) is 0 Å². The maximum Gasteiger partial charge on any atom is 0.165 e. The van der Waals surface area contributed by atoms with Crippen LogP contribution < -0.4 is 0 Å². The van der Waals surface area contributed by atoms with Crippen molar-refractivity contribution in [1.29, 1.82) is 0 Å². The average Bonchev–Trinajstić information content (AvgIpc) is 2.72. The molecule has 0 amide bonds. The summed E-state index contributed by atoms with van der Waals surface area (Å²) in [6, 6.07) is 1.94. The Bertz CT molecular complexity index is 533. The Morgan fingerprint density at radius 1 is 1.47 bits per heavy atom. The van der Waals surface area contributed by atoms with Crippen molar-refractivity contribution in [3.8, 4) is 0 Å². The third-order valence-corrected chi connectivity index (χ3v) is 3.24. The van der Waals surface area contributed by atoms with Crippen LogP contribution in [0.1, 0.15) is 43.0 Å². The highest BCUT2D eigenvalue weighted by atomic mass is 79.9. The number of hydrogen-bond acceptors (Lipinski definition) is 2. The van der Waals surface area contributed by atoms with E-state index < -0.39 is 0 Å². The van der Waals surface area contributed by atoms with Gasteiger partial charge in [0.15, 0.2) is 5.78 Å². The van der Waals surface area contributed by atoms with E-state index in [1.807, 2.05) is 6.07 Å². The van der Waals surface area contributed by atoms with Crippen LogP contribution in [-0.2, 0) is 0 Å². The Balaban J connectivity index is 2.23. The van der Waals surface area contributed by atoms with Crippen molar-refractivity contribution in [2.45, 2.75) is 32.6 Å². The summed E-state index contributed by atoms with van der Waals surface area (Å²) in [7, 11) is 0. The van der Waals surface area contributed by atoms with Crippen LogP contribution in [0.25, 0.3) is 11.0 Å². The molecule has 2 aromatic rings. The largest absolute Gasteiger partial charge is 0.345 e. The Hall–Kier alpha value is -1.16. The van der Waals surface area contributed by atoms with Gasteiger partial charge in [0.2, 0.25) is 0 Å². The highest BCUT2D eigenvalue weighted by molar-refractivity contribution is 9.10. The fourth-order valence-corrected chi connectivity index (χ4v) is 2.21. The van der Waals surface area contributed by atoms with Gasteiger partial charge < -0.3 is 4.98 Å². The molecule has 3 nitrogen and oxygen atoms in total. The van der Waals surface area contributed by atoms with Gasteiger partial charge in [-0.05, 0) is 28.4 Å². The third-order valence-electron chi connectivity index (χ3n) is 2.81. The zero-order chi connectivity index (χ0) is 12.3. The van der Waals surface area contributed by atoms with E-state index in [2.05, 4.69) is 32.8 Å². The first-order valence-electron chi connectivity index (χ1n) is 5.88. The molecule has 0 saturated heterocycles. The highest BCUT2D eigenvalue weighted by Crippen LogP contribution is 2.22. The van der Waals surface area contributed by atoms with Crippen molar-refractivity contribution in [3.63, 3.8) is 0 Å². The van der Waals surface area contributed by atoms with Crippen molar-refractivity contribution < 1.29 is 4.79 Å². The van der Waals surface area contributed by atoms with E-state index in [9.17, 15) is 4.79 Å². The molecule has 0 radical (unpaired) electrons. The van der Waals surface area contributed by atoms with Crippen LogP contribution in [-0.4, -0.2) is 15.8 Å². The lowest BCUT2D eigenvalue weighted by molar-refractivity contribution is 0.0981. The summed E-state index contributed by atoms with van der Waals surface area (Å²) < 4.78 is 0.896. The van der Waals surface area contributed by atoms with Crippen LogP contribution in [0.15, 0.2) is 22.9 Å². The molecule has 0 aliphatic heterocycles. The molecule has 0 bridgehead atoms. The molecule has 17 heavy (non-hydrogen) atoms. The summed E-state index contributed by atoms with van der Waals surface area (Å²) >= 11 is 3.38. The predicted octanol–water partition coefficient (Wildman–Crippen LogP) is 4.09. The topological polar surface area (TPSA) is 45.8 Å². The van der Waals surface area contributed by atoms with Crippen LogP contribution in [0.5, 0.6) is 0 Å². The molecule has 4 heteroatoms. The van der Waals surface area contributed by atoms with E-state index in [0.717, 1.165) is 40.3 Å². The van der Waals surface area contributed by atoms with Gasteiger partial charge in [0.1, 0.15) is 5.65 Å². The van der Waals surface area contributed by atoms with Gasteiger partial charge in [-0.15, -0.1) is 0 Å². The molecule has 1 N–H and O–H groups in total. The number of rotatable bonds is 5.